The Morgan fingerprint density at radius 2 is 2.32 bits per heavy atom. The van der Waals surface area contributed by atoms with Gasteiger partial charge in [-0.25, -0.2) is 4.79 Å². The van der Waals surface area contributed by atoms with Gasteiger partial charge in [-0.1, -0.05) is 5.21 Å². The van der Waals surface area contributed by atoms with Gasteiger partial charge in [0.15, 0.2) is 5.69 Å². The average molecular weight is 345 g/mol. The molecular formula is C11H13BrN4O2S. The zero-order valence-corrected chi connectivity index (χ0v) is 12.4. The van der Waals surface area contributed by atoms with E-state index in [0.717, 1.165) is 23.3 Å². The third-order valence-corrected chi connectivity index (χ3v) is 4.14. The lowest BCUT2D eigenvalue weighted by atomic mass is 10.3. The lowest BCUT2D eigenvalue weighted by molar-refractivity contribution is 0.0690. The number of aromatic carboxylic acids is 1. The lowest BCUT2D eigenvalue weighted by Gasteiger charge is -2.03. The predicted octanol–water partition coefficient (Wildman–Crippen LogP) is 1.63. The summed E-state index contributed by atoms with van der Waals surface area (Å²) in [6.45, 7) is 2.22. The molecule has 0 aliphatic carbocycles. The number of aromatic nitrogens is 3. The Morgan fingerprint density at radius 1 is 1.47 bits per heavy atom. The highest BCUT2D eigenvalue weighted by atomic mass is 79.9. The second kappa shape index (κ2) is 6.78. The normalized spacial score (nSPS) is 10.8. The molecule has 0 bridgehead atoms. The molecule has 0 atom stereocenters. The molecule has 19 heavy (non-hydrogen) atoms. The second-order valence-corrected chi connectivity index (χ2v) is 6.43. The van der Waals surface area contributed by atoms with Gasteiger partial charge in [0.1, 0.15) is 0 Å². The highest BCUT2D eigenvalue weighted by Gasteiger charge is 2.07. The standard InChI is InChI=1S/C11H13BrN4O2S/c12-10-2-1-8(19-10)3-4-13-5-6-16-7-9(11(17)18)14-15-16/h1-2,7,13H,3-6H2,(H,17,18). The summed E-state index contributed by atoms with van der Waals surface area (Å²) in [6.07, 6.45) is 2.41. The number of thiophene rings is 1. The fraction of sp³-hybridized carbons (Fsp3) is 0.364. The Labute approximate surface area is 122 Å². The van der Waals surface area contributed by atoms with Gasteiger partial charge in [0.25, 0.3) is 0 Å². The highest BCUT2D eigenvalue weighted by molar-refractivity contribution is 9.11. The van der Waals surface area contributed by atoms with Crippen LogP contribution in [0.3, 0.4) is 0 Å². The summed E-state index contributed by atoms with van der Waals surface area (Å²) >= 11 is 5.16. The van der Waals surface area contributed by atoms with Crippen molar-refractivity contribution < 1.29 is 9.90 Å². The van der Waals surface area contributed by atoms with Crippen molar-refractivity contribution in [3.05, 3.63) is 32.7 Å². The summed E-state index contributed by atoms with van der Waals surface area (Å²) in [6, 6.07) is 4.15. The molecule has 0 spiro atoms. The van der Waals surface area contributed by atoms with Gasteiger partial charge in [0.05, 0.1) is 16.5 Å². The van der Waals surface area contributed by atoms with Crippen LogP contribution >= 0.6 is 27.3 Å². The molecule has 0 aromatic carbocycles. The third kappa shape index (κ3) is 4.41. The third-order valence-electron chi connectivity index (χ3n) is 2.45. The highest BCUT2D eigenvalue weighted by Crippen LogP contribution is 2.21. The van der Waals surface area contributed by atoms with Crippen molar-refractivity contribution in [1.29, 1.82) is 0 Å². The maximum Gasteiger partial charge on any atom is 0.358 e. The number of nitrogens with one attached hydrogen (secondary N) is 1. The lowest BCUT2D eigenvalue weighted by Crippen LogP contribution is -2.22. The minimum atomic E-state index is -1.05. The molecule has 2 aromatic heterocycles. The van der Waals surface area contributed by atoms with Gasteiger partial charge < -0.3 is 10.4 Å². The van der Waals surface area contributed by atoms with Gasteiger partial charge in [-0.2, -0.15) is 0 Å². The van der Waals surface area contributed by atoms with Gasteiger partial charge in [0.2, 0.25) is 0 Å². The van der Waals surface area contributed by atoms with Crippen LogP contribution in [0.4, 0.5) is 0 Å². The molecule has 2 heterocycles. The Kier molecular flexibility index (Phi) is 5.06. The van der Waals surface area contributed by atoms with Crippen LogP contribution in [-0.4, -0.2) is 39.2 Å². The number of carboxylic acid groups (broad SMARTS) is 1. The van der Waals surface area contributed by atoms with E-state index in [1.54, 1.807) is 11.3 Å². The van der Waals surface area contributed by atoms with Crippen LogP contribution in [0, 0.1) is 0 Å². The minimum absolute atomic E-state index is 0.0246. The Balaban J connectivity index is 1.65. The minimum Gasteiger partial charge on any atom is -0.476 e. The largest absolute Gasteiger partial charge is 0.476 e. The van der Waals surface area contributed by atoms with Crippen molar-refractivity contribution in [1.82, 2.24) is 20.3 Å². The molecule has 6 nitrogen and oxygen atoms in total. The number of nitrogens with zero attached hydrogens (tertiary/aromatic N) is 3. The van der Waals surface area contributed by atoms with E-state index in [4.69, 9.17) is 5.11 Å². The number of rotatable bonds is 7. The molecule has 0 saturated heterocycles. The SMILES string of the molecule is O=C(O)c1cn(CCNCCc2ccc(Br)s2)nn1. The van der Waals surface area contributed by atoms with Crippen molar-refractivity contribution >= 4 is 33.2 Å². The molecule has 0 amide bonds. The van der Waals surface area contributed by atoms with Crippen molar-refractivity contribution in [3.63, 3.8) is 0 Å². The first-order valence-corrected chi connectivity index (χ1v) is 7.34. The van der Waals surface area contributed by atoms with Crippen LogP contribution in [0.1, 0.15) is 15.4 Å². The fourth-order valence-electron chi connectivity index (χ4n) is 1.52. The first-order chi connectivity index (χ1) is 9.15. The quantitative estimate of drug-likeness (QED) is 0.746. The number of carbonyl (C=O) groups is 1. The number of carboxylic acids is 1. The fourth-order valence-corrected chi connectivity index (χ4v) is 3.00. The molecule has 2 N–H and O–H groups in total. The topological polar surface area (TPSA) is 80.0 Å². The number of halogens is 1. The van der Waals surface area contributed by atoms with E-state index in [1.807, 2.05) is 6.07 Å². The van der Waals surface area contributed by atoms with Gasteiger partial charge in [0, 0.05) is 18.0 Å². The van der Waals surface area contributed by atoms with Crippen LogP contribution in [0.25, 0.3) is 0 Å². The van der Waals surface area contributed by atoms with E-state index in [0.29, 0.717) is 6.54 Å². The summed E-state index contributed by atoms with van der Waals surface area (Å²) in [5, 5.41) is 19.3. The summed E-state index contributed by atoms with van der Waals surface area (Å²) in [7, 11) is 0. The maximum atomic E-state index is 10.6. The Bertz CT molecular complexity index is 554. The summed E-state index contributed by atoms with van der Waals surface area (Å²) in [5.74, 6) is -1.05. The van der Waals surface area contributed by atoms with E-state index < -0.39 is 5.97 Å². The first-order valence-electron chi connectivity index (χ1n) is 5.73. The van der Waals surface area contributed by atoms with Crippen molar-refractivity contribution in [2.24, 2.45) is 0 Å². The smallest absolute Gasteiger partial charge is 0.358 e. The molecule has 0 aliphatic heterocycles. The monoisotopic (exact) mass is 344 g/mol. The molecule has 0 radical (unpaired) electrons. The molecule has 0 unspecified atom stereocenters. The van der Waals surface area contributed by atoms with Crippen molar-refractivity contribution in [2.75, 3.05) is 13.1 Å². The second-order valence-electron chi connectivity index (χ2n) is 3.88. The molecule has 2 aromatic rings. The van der Waals surface area contributed by atoms with E-state index >= 15 is 0 Å². The molecule has 8 heteroatoms. The zero-order valence-electron chi connectivity index (χ0n) is 10.0. The molecule has 2 rings (SSSR count). The number of hydrogen-bond donors (Lipinski definition) is 2. The number of hydrogen-bond acceptors (Lipinski definition) is 5. The molecular weight excluding hydrogens is 332 g/mol. The summed E-state index contributed by atoms with van der Waals surface area (Å²) in [4.78, 5) is 11.9. The van der Waals surface area contributed by atoms with Crippen LogP contribution in [0.15, 0.2) is 22.1 Å². The van der Waals surface area contributed by atoms with Crippen LogP contribution in [0.5, 0.6) is 0 Å². The van der Waals surface area contributed by atoms with Gasteiger partial charge >= 0.3 is 5.97 Å². The average Bonchev–Trinajstić information content (AvgIpc) is 2.98. The Morgan fingerprint density at radius 3 is 2.95 bits per heavy atom. The first kappa shape index (κ1) is 14.2. The summed E-state index contributed by atoms with van der Waals surface area (Å²) < 4.78 is 2.67. The molecule has 0 saturated carbocycles. The van der Waals surface area contributed by atoms with Crippen LogP contribution in [0.2, 0.25) is 0 Å². The van der Waals surface area contributed by atoms with Crippen LogP contribution in [-0.2, 0) is 13.0 Å². The molecule has 102 valence electrons. The predicted molar refractivity (Wildman–Crippen MR) is 75.6 cm³/mol. The Hall–Kier alpha value is -1.25. The summed E-state index contributed by atoms with van der Waals surface area (Å²) in [5.41, 5.74) is -0.0246. The zero-order chi connectivity index (χ0) is 13.7. The van der Waals surface area contributed by atoms with E-state index in [2.05, 4.69) is 37.6 Å². The van der Waals surface area contributed by atoms with E-state index in [9.17, 15) is 4.79 Å². The van der Waals surface area contributed by atoms with Gasteiger partial charge in [-0.05, 0) is 34.5 Å². The molecule has 0 aliphatic rings. The van der Waals surface area contributed by atoms with Crippen molar-refractivity contribution in [3.8, 4) is 0 Å². The molecule has 0 fully saturated rings. The van der Waals surface area contributed by atoms with Crippen LogP contribution < -0.4 is 5.32 Å². The maximum absolute atomic E-state index is 10.6. The van der Waals surface area contributed by atoms with Gasteiger partial charge in [-0.15, -0.1) is 16.4 Å². The van der Waals surface area contributed by atoms with Crippen molar-refractivity contribution in [2.45, 2.75) is 13.0 Å². The van der Waals surface area contributed by atoms with E-state index in [1.165, 1.54) is 15.8 Å². The van der Waals surface area contributed by atoms with E-state index in [-0.39, 0.29) is 5.69 Å². The van der Waals surface area contributed by atoms with Gasteiger partial charge in [-0.3, -0.25) is 4.68 Å².